The lowest BCUT2D eigenvalue weighted by atomic mass is 10.2. The largest absolute Gasteiger partial charge is 0.495 e. The van der Waals surface area contributed by atoms with Crippen LogP contribution >= 0.6 is 0 Å². The lowest BCUT2D eigenvalue weighted by Gasteiger charge is -2.04. The molecular weight excluding hydrogens is 152 g/mol. The van der Waals surface area contributed by atoms with E-state index in [1.165, 1.54) is 0 Å². The second-order valence-electron chi connectivity index (χ2n) is 3.10. The quantitative estimate of drug-likeness (QED) is 0.706. The van der Waals surface area contributed by atoms with Crippen molar-refractivity contribution in [2.75, 3.05) is 7.11 Å². The molecule has 2 unspecified atom stereocenters. The van der Waals surface area contributed by atoms with Crippen molar-refractivity contribution in [3.05, 3.63) is 24.0 Å². The molecule has 2 atom stereocenters. The Morgan fingerprint density at radius 1 is 1.67 bits per heavy atom. The molecule has 64 valence electrons. The summed E-state index contributed by atoms with van der Waals surface area (Å²) < 4.78 is 5.18. The van der Waals surface area contributed by atoms with E-state index in [2.05, 4.69) is 4.98 Å². The van der Waals surface area contributed by atoms with E-state index in [1.807, 2.05) is 12.1 Å². The Morgan fingerprint density at radius 3 is 3.00 bits per heavy atom. The van der Waals surface area contributed by atoms with Crippen LogP contribution in [0.15, 0.2) is 18.3 Å². The van der Waals surface area contributed by atoms with E-state index in [0.717, 1.165) is 17.9 Å². The highest BCUT2D eigenvalue weighted by Gasteiger charge is 2.37. The second-order valence-corrected chi connectivity index (χ2v) is 3.10. The smallest absolute Gasteiger partial charge is 0.140 e. The van der Waals surface area contributed by atoms with Crippen molar-refractivity contribution in [3.8, 4) is 5.75 Å². The van der Waals surface area contributed by atoms with Crippen LogP contribution < -0.4 is 10.5 Å². The van der Waals surface area contributed by atoms with Crippen LogP contribution in [0.1, 0.15) is 18.0 Å². The lowest BCUT2D eigenvalue weighted by Crippen LogP contribution is -2.03. The van der Waals surface area contributed by atoms with E-state index < -0.39 is 0 Å². The molecule has 1 saturated carbocycles. The van der Waals surface area contributed by atoms with Crippen LogP contribution in [0, 0.1) is 0 Å². The second kappa shape index (κ2) is 2.75. The zero-order valence-electron chi connectivity index (χ0n) is 7.03. The number of hydrogen-bond donors (Lipinski definition) is 1. The number of nitrogens with zero attached hydrogens (tertiary/aromatic N) is 1. The van der Waals surface area contributed by atoms with Crippen molar-refractivity contribution in [3.63, 3.8) is 0 Å². The van der Waals surface area contributed by atoms with Crippen LogP contribution in [0.25, 0.3) is 0 Å². The van der Waals surface area contributed by atoms with Gasteiger partial charge in [0.15, 0.2) is 0 Å². The fourth-order valence-electron chi connectivity index (χ4n) is 1.38. The molecule has 1 aromatic heterocycles. The molecule has 0 aromatic carbocycles. The van der Waals surface area contributed by atoms with Gasteiger partial charge in [0.05, 0.1) is 12.8 Å². The van der Waals surface area contributed by atoms with Gasteiger partial charge in [0, 0.05) is 18.2 Å². The minimum Gasteiger partial charge on any atom is -0.495 e. The van der Waals surface area contributed by atoms with Crippen molar-refractivity contribution in [2.24, 2.45) is 5.73 Å². The zero-order valence-corrected chi connectivity index (χ0v) is 7.03. The Labute approximate surface area is 71.6 Å². The first kappa shape index (κ1) is 7.55. The molecule has 2 rings (SSSR count). The topological polar surface area (TPSA) is 48.1 Å². The fraction of sp³-hybridized carbons (Fsp3) is 0.444. The molecule has 0 amide bonds. The van der Waals surface area contributed by atoms with E-state index >= 15 is 0 Å². The highest BCUT2D eigenvalue weighted by molar-refractivity contribution is 5.34. The molecule has 1 aliphatic rings. The molecule has 1 aliphatic carbocycles. The molecule has 0 spiro atoms. The minimum absolute atomic E-state index is 0.286. The Balaban J connectivity index is 2.29. The van der Waals surface area contributed by atoms with Crippen LogP contribution in [-0.2, 0) is 0 Å². The number of pyridine rings is 1. The van der Waals surface area contributed by atoms with Crippen molar-refractivity contribution in [2.45, 2.75) is 18.4 Å². The predicted molar refractivity (Wildman–Crippen MR) is 46.1 cm³/mol. The highest BCUT2D eigenvalue weighted by Crippen LogP contribution is 2.41. The summed E-state index contributed by atoms with van der Waals surface area (Å²) in [6, 6.07) is 4.08. The molecule has 0 saturated heterocycles. The van der Waals surface area contributed by atoms with Gasteiger partial charge < -0.3 is 10.5 Å². The van der Waals surface area contributed by atoms with Crippen molar-refractivity contribution < 1.29 is 4.74 Å². The van der Waals surface area contributed by atoms with E-state index in [1.54, 1.807) is 13.3 Å². The van der Waals surface area contributed by atoms with Gasteiger partial charge in [0.1, 0.15) is 5.75 Å². The maximum absolute atomic E-state index is 5.73. The van der Waals surface area contributed by atoms with Gasteiger partial charge in [-0.25, -0.2) is 0 Å². The Morgan fingerprint density at radius 2 is 2.42 bits per heavy atom. The monoisotopic (exact) mass is 164 g/mol. The maximum Gasteiger partial charge on any atom is 0.140 e. The summed E-state index contributed by atoms with van der Waals surface area (Å²) in [4.78, 5) is 4.26. The standard InChI is InChI=1S/C9H12N2O/c1-12-8-3-2-4-11-9(8)6-5-7(6)10/h2-4,6-7H,5,10H2,1H3. The molecule has 1 aromatic rings. The number of aromatic nitrogens is 1. The lowest BCUT2D eigenvalue weighted by molar-refractivity contribution is 0.406. The van der Waals surface area contributed by atoms with Gasteiger partial charge in [-0.2, -0.15) is 0 Å². The predicted octanol–water partition coefficient (Wildman–Crippen LogP) is 0.905. The normalized spacial score (nSPS) is 26.8. The summed E-state index contributed by atoms with van der Waals surface area (Å²) >= 11 is 0. The summed E-state index contributed by atoms with van der Waals surface area (Å²) in [6.45, 7) is 0. The van der Waals surface area contributed by atoms with Crippen LogP contribution in [0.4, 0.5) is 0 Å². The van der Waals surface area contributed by atoms with Crippen molar-refractivity contribution in [1.82, 2.24) is 4.98 Å². The molecule has 0 aliphatic heterocycles. The van der Waals surface area contributed by atoms with Gasteiger partial charge in [0.25, 0.3) is 0 Å². The molecule has 1 heterocycles. The number of ether oxygens (including phenoxy) is 1. The SMILES string of the molecule is COc1cccnc1C1CC1N. The van der Waals surface area contributed by atoms with Crippen LogP contribution in [0.2, 0.25) is 0 Å². The van der Waals surface area contributed by atoms with Crippen molar-refractivity contribution >= 4 is 0 Å². The summed E-state index contributed by atoms with van der Waals surface area (Å²) in [7, 11) is 1.66. The van der Waals surface area contributed by atoms with Gasteiger partial charge in [0.2, 0.25) is 0 Å². The van der Waals surface area contributed by atoms with Gasteiger partial charge >= 0.3 is 0 Å². The Kier molecular flexibility index (Phi) is 1.73. The average Bonchev–Trinajstić information content (AvgIpc) is 2.83. The van der Waals surface area contributed by atoms with Crippen LogP contribution in [0.5, 0.6) is 5.75 Å². The van der Waals surface area contributed by atoms with E-state index in [0.29, 0.717) is 5.92 Å². The van der Waals surface area contributed by atoms with Gasteiger partial charge in [-0.1, -0.05) is 0 Å². The Bertz CT molecular complexity index is 288. The van der Waals surface area contributed by atoms with Gasteiger partial charge in [-0.3, -0.25) is 4.98 Å². The highest BCUT2D eigenvalue weighted by atomic mass is 16.5. The van der Waals surface area contributed by atoms with Gasteiger partial charge in [-0.15, -0.1) is 0 Å². The first-order valence-corrected chi connectivity index (χ1v) is 4.07. The third-order valence-corrected chi connectivity index (χ3v) is 2.21. The average molecular weight is 164 g/mol. The zero-order chi connectivity index (χ0) is 8.55. The molecule has 0 bridgehead atoms. The molecule has 12 heavy (non-hydrogen) atoms. The fourth-order valence-corrected chi connectivity index (χ4v) is 1.38. The summed E-state index contributed by atoms with van der Waals surface area (Å²) in [6.07, 6.45) is 2.82. The summed E-state index contributed by atoms with van der Waals surface area (Å²) in [5.41, 5.74) is 6.73. The number of hydrogen-bond acceptors (Lipinski definition) is 3. The van der Waals surface area contributed by atoms with Crippen LogP contribution in [0.3, 0.4) is 0 Å². The summed E-state index contributed by atoms with van der Waals surface area (Å²) in [5, 5.41) is 0. The molecular formula is C9H12N2O. The van der Waals surface area contributed by atoms with Gasteiger partial charge in [-0.05, 0) is 18.6 Å². The molecule has 3 nitrogen and oxygen atoms in total. The van der Waals surface area contributed by atoms with E-state index in [-0.39, 0.29) is 6.04 Å². The molecule has 1 fully saturated rings. The Hall–Kier alpha value is -1.09. The molecule has 0 radical (unpaired) electrons. The maximum atomic E-state index is 5.73. The third-order valence-electron chi connectivity index (χ3n) is 2.21. The van der Waals surface area contributed by atoms with E-state index in [9.17, 15) is 0 Å². The number of rotatable bonds is 2. The third kappa shape index (κ3) is 1.16. The van der Waals surface area contributed by atoms with E-state index in [4.69, 9.17) is 10.5 Å². The summed E-state index contributed by atoms with van der Waals surface area (Å²) in [5.74, 6) is 1.27. The number of methoxy groups -OCH3 is 1. The molecule has 3 heteroatoms. The first-order chi connectivity index (χ1) is 5.83. The first-order valence-electron chi connectivity index (χ1n) is 4.07. The molecule has 2 N–H and O–H groups in total. The minimum atomic E-state index is 0.286. The van der Waals surface area contributed by atoms with Crippen molar-refractivity contribution in [1.29, 1.82) is 0 Å². The van der Waals surface area contributed by atoms with Crippen LogP contribution in [-0.4, -0.2) is 18.1 Å². The number of nitrogens with two attached hydrogens (primary N) is 1.